The molecule has 8 nitrogen and oxygen atoms in total. The minimum atomic E-state index is -0.702. The second-order valence-electron chi connectivity index (χ2n) is 10.0. The predicted molar refractivity (Wildman–Crippen MR) is 163 cm³/mol. The van der Waals surface area contributed by atoms with Crippen LogP contribution in [0.15, 0.2) is 107 Å². The van der Waals surface area contributed by atoms with Crippen LogP contribution in [0.25, 0.3) is 10.8 Å². The van der Waals surface area contributed by atoms with Crippen molar-refractivity contribution in [2.45, 2.75) is 16.2 Å². The Kier molecular flexibility index (Phi) is 6.64. The monoisotopic (exact) mass is 593 g/mol. The molecule has 4 aromatic carbocycles. The highest BCUT2D eigenvalue weighted by Gasteiger charge is 2.56. The Balaban J connectivity index is 1.16. The highest BCUT2D eigenvalue weighted by molar-refractivity contribution is 8.00. The van der Waals surface area contributed by atoms with Crippen molar-refractivity contribution in [1.82, 2.24) is 4.98 Å². The van der Waals surface area contributed by atoms with Crippen LogP contribution in [0.2, 0.25) is 0 Å². The molecular formula is C32H23N3O5S2. The molecule has 1 saturated heterocycles. The fourth-order valence-electron chi connectivity index (χ4n) is 5.68. The van der Waals surface area contributed by atoms with Crippen molar-refractivity contribution in [3.05, 3.63) is 117 Å². The Labute approximate surface area is 248 Å². The highest BCUT2D eigenvalue weighted by atomic mass is 32.2. The number of anilines is 2. The van der Waals surface area contributed by atoms with Crippen molar-refractivity contribution >= 4 is 63.0 Å². The van der Waals surface area contributed by atoms with E-state index in [-0.39, 0.29) is 29.2 Å². The number of nitrogens with zero attached hydrogens (tertiary/aromatic N) is 1. The Bertz CT molecular complexity index is 1910. The second-order valence-corrected chi connectivity index (χ2v) is 12.2. The minimum absolute atomic E-state index is 0.221. The lowest BCUT2D eigenvalue weighted by Gasteiger charge is -2.30. The fraction of sp³-hybridized carbons (Fsp3) is 0.125. The number of ether oxygens (including phenoxy) is 1. The van der Waals surface area contributed by atoms with Crippen LogP contribution in [0.3, 0.4) is 0 Å². The summed E-state index contributed by atoms with van der Waals surface area (Å²) in [5.41, 5.74) is 1.95. The van der Waals surface area contributed by atoms with Crippen LogP contribution < -0.4 is 19.8 Å². The topological polar surface area (TPSA) is 109 Å². The van der Waals surface area contributed by atoms with E-state index in [4.69, 9.17) is 4.74 Å². The summed E-state index contributed by atoms with van der Waals surface area (Å²) >= 11 is 2.29. The number of hydrogen-bond donors (Lipinski definition) is 2. The number of aromatic amines is 1. The number of thioether (sulfide) groups is 1. The van der Waals surface area contributed by atoms with Crippen LogP contribution in [-0.4, -0.2) is 34.6 Å². The quantitative estimate of drug-likeness (QED) is 0.255. The van der Waals surface area contributed by atoms with E-state index in [9.17, 15) is 19.2 Å². The maximum Gasteiger partial charge on any atom is 0.305 e. The van der Waals surface area contributed by atoms with E-state index in [0.717, 1.165) is 27.7 Å². The van der Waals surface area contributed by atoms with Crippen molar-refractivity contribution in [2.75, 3.05) is 16.8 Å². The summed E-state index contributed by atoms with van der Waals surface area (Å²) < 4.78 is 5.88. The van der Waals surface area contributed by atoms with Crippen LogP contribution in [0.4, 0.5) is 11.4 Å². The summed E-state index contributed by atoms with van der Waals surface area (Å²) in [6.45, 7) is -0.221. The third-order valence-corrected chi connectivity index (χ3v) is 9.89. The van der Waals surface area contributed by atoms with Gasteiger partial charge in [0.15, 0.2) is 6.61 Å². The summed E-state index contributed by atoms with van der Waals surface area (Å²) in [5, 5.41) is 4.79. The first-order chi connectivity index (χ1) is 20.5. The van der Waals surface area contributed by atoms with Gasteiger partial charge in [-0.2, -0.15) is 0 Å². The van der Waals surface area contributed by atoms with Gasteiger partial charge in [-0.3, -0.25) is 19.2 Å². The molecule has 2 aliphatic heterocycles. The van der Waals surface area contributed by atoms with Crippen LogP contribution >= 0.6 is 23.1 Å². The van der Waals surface area contributed by atoms with Crippen molar-refractivity contribution in [3.8, 4) is 5.75 Å². The van der Waals surface area contributed by atoms with E-state index in [2.05, 4.69) is 10.3 Å². The van der Waals surface area contributed by atoms with Gasteiger partial charge in [-0.15, -0.1) is 0 Å². The van der Waals surface area contributed by atoms with Crippen LogP contribution in [0, 0.1) is 5.92 Å². The van der Waals surface area contributed by atoms with E-state index in [0.29, 0.717) is 27.0 Å². The molecule has 2 N–H and O–H groups in total. The first kappa shape index (κ1) is 26.2. The molecule has 0 bridgehead atoms. The molecule has 3 heterocycles. The smallest absolute Gasteiger partial charge is 0.305 e. The number of benzene rings is 4. The second kappa shape index (κ2) is 10.6. The van der Waals surface area contributed by atoms with Gasteiger partial charge in [0.25, 0.3) is 5.91 Å². The maximum absolute atomic E-state index is 13.8. The van der Waals surface area contributed by atoms with Crippen molar-refractivity contribution in [3.63, 3.8) is 0 Å². The SMILES string of the molecule is O=C(COc1cccc([C@@H]2c3sc(=O)[nH]c3S[C@H]3C(=O)N(c4ccccc4)C(=O)[C@@H]23)c1)Nc1cccc2ccccc12. The Hall–Kier alpha value is -4.67. The zero-order valence-electron chi connectivity index (χ0n) is 22.0. The molecule has 1 aromatic heterocycles. The lowest BCUT2D eigenvalue weighted by molar-refractivity contribution is -0.122. The number of thiazole rings is 1. The molecule has 0 saturated carbocycles. The Morgan fingerprint density at radius 1 is 0.881 bits per heavy atom. The lowest BCUT2D eigenvalue weighted by atomic mass is 9.83. The molecule has 42 heavy (non-hydrogen) atoms. The third-order valence-electron chi connectivity index (χ3n) is 7.49. The van der Waals surface area contributed by atoms with Crippen LogP contribution in [0.1, 0.15) is 16.4 Å². The molecule has 10 heteroatoms. The summed E-state index contributed by atoms with van der Waals surface area (Å²) in [6, 6.07) is 29.5. The summed E-state index contributed by atoms with van der Waals surface area (Å²) in [7, 11) is 0. The predicted octanol–water partition coefficient (Wildman–Crippen LogP) is 5.40. The number of carbonyl (C=O) groups excluding carboxylic acids is 3. The number of hydrogen-bond acceptors (Lipinski definition) is 7. The zero-order valence-corrected chi connectivity index (χ0v) is 23.6. The summed E-state index contributed by atoms with van der Waals surface area (Å²) in [4.78, 5) is 57.2. The van der Waals surface area contributed by atoms with Crippen LogP contribution in [0.5, 0.6) is 5.75 Å². The van der Waals surface area contributed by atoms with Gasteiger partial charge >= 0.3 is 4.87 Å². The molecule has 7 rings (SSSR count). The van der Waals surface area contributed by atoms with E-state index in [1.54, 1.807) is 42.5 Å². The molecule has 3 amide bonds. The number of aromatic nitrogens is 1. The van der Waals surface area contributed by atoms with Gasteiger partial charge in [0, 0.05) is 21.9 Å². The average molecular weight is 594 g/mol. The molecule has 0 aliphatic carbocycles. The first-order valence-electron chi connectivity index (χ1n) is 13.3. The molecule has 208 valence electrons. The average Bonchev–Trinajstić information content (AvgIpc) is 3.50. The zero-order chi connectivity index (χ0) is 28.8. The van der Waals surface area contributed by atoms with Crippen molar-refractivity contribution in [2.24, 2.45) is 5.92 Å². The number of H-pyrrole nitrogens is 1. The van der Waals surface area contributed by atoms with Gasteiger partial charge in [0.05, 0.1) is 16.6 Å². The number of fused-ring (bicyclic) bond motifs is 3. The van der Waals surface area contributed by atoms with E-state index in [1.165, 1.54) is 16.7 Å². The summed E-state index contributed by atoms with van der Waals surface area (Å²) in [6.07, 6.45) is 0. The van der Waals surface area contributed by atoms with Gasteiger partial charge in [0.2, 0.25) is 11.8 Å². The first-order valence-corrected chi connectivity index (χ1v) is 15.0. The minimum Gasteiger partial charge on any atom is -0.484 e. The van der Waals surface area contributed by atoms with E-state index in [1.807, 2.05) is 54.6 Å². The maximum atomic E-state index is 13.8. The lowest BCUT2D eigenvalue weighted by Crippen LogP contribution is -2.32. The largest absolute Gasteiger partial charge is 0.484 e. The van der Waals surface area contributed by atoms with Gasteiger partial charge in [-0.25, -0.2) is 4.90 Å². The van der Waals surface area contributed by atoms with Crippen LogP contribution in [-0.2, 0) is 14.4 Å². The molecular weight excluding hydrogens is 571 g/mol. The Morgan fingerprint density at radius 2 is 1.64 bits per heavy atom. The molecule has 0 radical (unpaired) electrons. The number of nitrogens with one attached hydrogen (secondary N) is 2. The summed E-state index contributed by atoms with van der Waals surface area (Å²) in [5.74, 6) is -1.72. The number of carbonyl (C=O) groups is 3. The molecule has 2 aliphatic rings. The van der Waals surface area contributed by atoms with Crippen molar-refractivity contribution < 1.29 is 19.1 Å². The van der Waals surface area contributed by atoms with Gasteiger partial charge in [-0.1, -0.05) is 89.8 Å². The standard InChI is InChI=1S/C32H23N3O5S2/c36-24(33-23-15-7-9-18-8-4-5-14-22(18)23)17-40-21-13-6-10-19(16-21)25-26-28(41-29-27(25)42-32(39)34-29)31(38)35(30(26)37)20-11-2-1-3-12-20/h1-16,25-26,28H,17H2,(H,33,36)(H,34,39)/t25-,26-,28+/m0/s1. The fourth-order valence-corrected chi connectivity index (χ4v) is 8.19. The molecule has 1 fully saturated rings. The van der Waals surface area contributed by atoms with Gasteiger partial charge in [0.1, 0.15) is 11.0 Å². The number of rotatable bonds is 6. The highest BCUT2D eigenvalue weighted by Crippen LogP contribution is 2.53. The van der Waals surface area contributed by atoms with Crippen molar-refractivity contribution in [1.29, 1.82) is 0 Å². The van der Waals surface area contributed by atoms with E-state index >= 15 is 0 Å². The number of imide groups is 1. The molecule has 0 spiro atoms. The molecule has 5 aromatic rings. The van der Waals surface area contributed by atoms with Gasteiger partial charge < -0.3 is 15.0 Å². The molecule has 0 unspecified atom stereocenters. The normalized spacial score (nSPS) is 19.4. The van der Waals surface area contributed by atoms with E-state index < -0.39 is 17.1 Å². The third kappa shape index (κ3) is 4.58. The Morgan fingerprint density at radius 3 is 2.50 bits per heavy atom. The molecule has 3 atom stereocenters. The number of para-hydroxylation sites is 1. The van der Waals surface area contributed by atoms with Gasteiger partial charge in [-0.05, 0) is 41.3 Å². The number of amides is 3.